The van der Waals surface area contributed by atoms with Crippen molar-refractivity contribution in [1.29, 1.82) is 0 Å². The normalized spacial score (nSPS) is 28.5. The molecule has 0 radical (unpaired) electrons. The van der Waals surface area contributed by atoms with Crippen molar-refractivity contribution >= 4 is 0 Å². The van der Waals surface area contributed by atoms with Gasteiger partial charge < -0.3 is 9.47 Å². The highest BCUT2D eigenvalue weighted by Gasteiger charge is 2.84. The van der Waals surface area contributed by atoms with E-state index in [1.54, 1.807) is 0 Å². The molecule has 0 spiro atoms. The number of hydrogen-bond acceptors (Lipinski definition) is 2. The highest BCUT2D eigenvalue weighted by Crippen LogP contribution is 2.69. The molecule has 8 aliphatic rings. The Morgan fingerprint density at radius 3 is 0.733 bits per heavy atom. The van der Waals surface area contributed by atoms with Crippen LogP contribution in [0.25, 0.3) is 0 Å². The summed E-state index contributed by atoms with van der Waals surface area (Å²) in [4.78, 5) is 0. The number of ether oxygens (including phenoxy) is 2. The summed E-state index contributed by atoms with van der Waals surface area (Å²) in [6.07, 6.45) is -8.62. The fraction of sp³-hybridized carbons (Fsp3) is 0.586. The molecule has 4 aromatic rings. The molecular formula is C58H48F26O2. The number of alkyl halides is 26. The van der Waals surface area contributed by atoms with E-state index in [9.17, 15) is 79.0 Å². The first kappa shape index (κ1) is 63.7. The monoisotopic (exact) mass is 1270 g/mol. The van der Waals surface area contributed by atoms with Crippen molar-refractivity contribution in [2.24, 2.45) is 23.7 Å². The Morgan fingerprint density at radius 2 is 0.512 bits per heavy atom. The lowest BCUT2D eigenvalue weighted by atomic mass is 9.41. The molecule has 8 bridgehead atoms. The van der Waals surface area contributed by atoms with Crippen molar-refractivity contribution in [3.8, 4) is 11.5 Å². The molecule has 86 heavy (non-hydrogen) atoms. The minimum atomic E-state index is -7.13. The Morgan fingerprint density at radius 1 is 0.291 bits per heavy atom. The minimum Gasteiger partial charge on any atom is -0.487 e. The molecule has 8 fully saturated rings. The fourth-order valence-electron chi connectivity index (χ4n) is 15.9. The van der Waals surface area contributed by atoms with Gasteiger partial charge in [0, 0.05) is 11.1 Å². The van der Waals surface area contributed by atoms with Crippen LogP contribution in [0, 0.1) is 23.7 Å². The SMILES string of the molecule is FC(F)(F)C(F)(F)C(F)(F)C(F)(F)COc1ccc(C23CC4CC(C2)CC(c2ccc(C(F)(F)C(F)(F)C(F)(F)C(F)(F)c5ccc(C67CC8CC(CC(c9ccc(OCC(F)(F)C(F)(F)C(F)(F)C(F)(F)F)cc9)(C8)C6)C7)cc5)cc2)(C4)C3)cc1. The highest BCUT2D eigenvalue weighted by molar-refractivity contribution is 5.44. The van der Waals surface area contributed by atoms with Crippen LogP contribution in [0.4, 0.5) is 114 Å². The van der Waals surface area contributed by atoms with Crippen molar-refractivity contribution in [3.63, 3.8) is 0 Å². The molecule has 4 unspecified atom stereocenters. The predicted molar refractivity (Wildman–Crippen MR) is 252 cm³/mol. The lowest BCUT2D eigenvalue weighted by Gasteiger charge is -2.63. The third-order valence-corrected chi connectivity index (χ3v) is 19.2. The summed E-state index contributed by atoms with van der Waals surface area (Å²) in [5.74, 6) is -67.1. The summed E-state index contributed by atoms with van der Waals surface area (Å²) in [5.41, 5.74) is -5.17. The zero-order valence-corrected chi connectivity index (χ0v) is 44.1. The van der Waals surface area contributed by atoms with Crippen LogP contribution in [0.5, 0.6) is 11.5 Å². The Hall–Kier alpha value is -5.34. The second-order valence-electron chi connectivity index (χ2n) is 24.8. The first-order chi connectivity index (χ1) is 39.2. The molecule has 2 nitrogen and oxygen atoms in total. The minimum absolute atomic E-state index is 0.0660. The fourth-order valence-corrected chi connectivity index (χ4v) is 15.9. The van der Waals surface area contributed by atoms with Crippen LogP contribution in [-0.4, -0.2) is 72.9 Å². The van der Waals surface area contributed by atoms with Crippen molar-refractivity contribution in [2.75, 3.05) is 13.2 Å². The van der Waals surface area contributed by atoms with Gasteiger partial charge >= 0.3 is 71.6 Å². The molecule has 8 saturated carbocycles. The van der Waals surface area contributed by atoms with Crippen LogP contribution >= 0.6 is 0 Å². The van der Waals surface area contributed by atoms with Crippen LogP contribution < -0.4 is 9.47 Å². The van der Waals surface area contributed by atoms with E-state index in [2.05, 4.69) is 9.47 Å². The van der Waals surface area contributed by atoms with E-state index in [1.165, 1.54) is 24.3 Å². The molecule has 0 N–H and O–H groups in total. The molecule has 0 heterocycles. The average Bonchev–Trinajstić information content (AvgIpc) is 0.752. The van der Waals surface area contributed by atoms with E-state index in [0.29, 0.717) is 111 Å². The topological polar surface area (TPSA) is 18.5 Å². The van der Waals surface area contributed by atoms with Gasteiger partial charge in [-0.05, 0) is 169 Å². The van der Waals surface area contributed by atoms with Crippen LogP contribution in [0.1, 0.15) is 110 Å². The standard InChI is InChI=1S/C58H48F26O2/c59-47(60,51(67,68)55(75,76)57(79,80)81)29-85-41-13-9-37(10-14-41)45-23-31-17-32(24-45)20-43(19-31,27-45)35-1-5-39(6-2-35)49(63,64)53(71,72)54(73,74)50(65,66)40-7-3-36(4-8-40)44-21-33-18-34(22-44)26-46(25-33,28-44)38-11-15-42(16-12-38)86-30-48(61,62)52(69,70)56(77,78)58(82,83)84/h1-16,31-34H,17-30H2. The van der Waals surface area contributed by atoms with Gasteiger partial charge in [0.1, 0.15) is 11.5 Å². The first-order valence-electron chi connectivity index (χ1n) is 26.8. The summed E-state index contributed by atoms with van der Waals surface area (Å²) in [7, 11) is 0. The molecule has 4 atom stereocenters. The van der Waals surface area contributed by atoms with Gasteiger partial charge in [0.2, 0.25) is 0 Å². The van der Waals surface area contributed by atoms with Crippen LogP contribution in [0.2, 0.25) is 0 Å². The van der Waals surface area contributed by atoms with E-state index in [1.807, 2.05) is 0 Å². The van der Waals surface area contributed by atoms with Gasteiger partial charge in [-0.15, -0.1) is 0 Å². The average molecular weight is 1270 g/mol. The van der Waals surface area contributed by atoms with Crippen molar-refractivity contribution < 1.29 is 124 Å². The summed E-state index contributed by atoms with van der Waals surface area (Å²) < 4.78 is 378. The highest BCUT2D eigenvalue weighted by atomic mass is 19.4. The first-order valence-corrected chi connectivity index (χ1v) is 26.8. The van der Waals surface area contributed by atoms with Crippen molar-refractivity contribution in [3.05, 3.63) is 130 Å². The number of halogens is 26. The van der Waals surface area contributed by atoms with Crippen molar-refractivity contribution in [2.45, 2.75) is 170 Å². The van der Waals surface area contributed by atoms with Gasteiger partial charge in [-0.1, -0.05) is 72.8 Å². The van der Waals surface area contributed by atoms with E-state index in [-0.39, 0.29) is 36.5 Å². The quantitative estimate of drug-likeness (QED) is 0.0871. The molecule has 28 heteroatoms. The molecule has 0 amide bonds. The van der Waals surface area contributed by atoms with E-state index >= 15 is 35.1 Å². The second kappa shape index (κ2) is 19.6. The van der Waals surface area contributed by atoms with Crippen LogP contribution in [-0.2, 0) is 33.5 Å². The number of benzene rings is 4. The Labute approximate surface area is 472 Å². The smallest absolute Gasteiger partial charge is 0.460 e. The Bertz CT molecular complexity index is 2910. The molecule has 0 aromatic heterocycles. The molecule has 8 aliphatic carbocycles. The second-order valence-corrected chi connectivity index (χ2v) is 24.8. The van der Waals surface area contributed by atoms with Gasteiger partial charge in [0.15, 0.2) is 13.2 Å². The molecule has 12 rings (SSSR count). The summed E-state index contributed by atoms with van der Waals surface area (Å²) in [6.45, 7) is -5.17. The van der Waals surface area contributed by atoms with E-state index in [4.69, 9.17) is 0 Å². The predicted octanol–water partition coefficient (Wildman–Crippen LogP) is 19.1. The zero-order chi connectivity index (χ0) is 63.6. The molecule has 4 aromatic carbocycles. The lowest BCUT2D eigenvalue weighted by molar-refractivity contribution is -0.398. The largest absolute Gasteiger partial charge is 0.487 e. The maximum absolute atomic E-state index is 16.0. The van der Waals surface area contributed by atoms with Crippen LogP contribution in [0.3, 0.4) is 0 Å². The van der Waals surface area contributed by atoms with Gasteiger partial charge in [-0.25, -0.2) is 0 Å². The molecular weight excluding hydrogens is 1220 g/mol. The van der Waals surface area contributed by atoms with Crippen LogP contribution in [0.15, 0.2) is 97.1 Å². The third kappa shape index (κ3) is 9.48. The van der Waals surface area contributed by atoms with E-state index < -0.39 is 129 Å². The molecule has 474 valence electrons. The maximum Gasteiger partial charge on any atom is 0.460 e. The van der Waals surface area contributed by atoms with Crippen molar-refractivity contribution in [1.82, 2.24) is 0 Å². The Balaban J connectivity index is 0.819. The number of rotatable bonds is 19. The summed E-state index contributed by atoms with van der Waals surface area (Å²) in [5, 5.41) is 0. The molecule has 0 aliphatic heterocycles. The maximum atomic E-state index is 16.0. The van der Waals surface area contributed by atoms with E-state index in [0.717, 1.165) is 48.5 Å². The third-order valence-electron chi connectivity index (χ3n) is 19.2. The number of hydrogen-bond donors (Lipinski definition) is 0. The van der Waals surface area contributed by atoms with Gasteiger partial charge in [0.25, 0.3) is 0 Å². The van der Waals surface area contributed by atoms with Gasteiger partial charge in [0.05, 0.1) is 0 Å². The summed E-state index contributed by atoms with van der Waals surface area (Å²) in [6, 6.07) is 15.0. The summed E-state index contributed by atoms with van der Waals surface area (Å²) >= 11 is 0. The molecule has 0 saturated heterocycles. The van der Waals surface area contributed by atoms with Gasteiger partial charge in [-0.3, -0.25) is 0 Å². The van der Waals surface area contributed by atoms with Gasteiger partial charge in [-0.2, -0.15) is 114 Å². The Kier molecular flexibility index (Phi) is 14.5. The zero-order valence-electron chi connectivity index (χ0n) is 44.1. The lowest BCUT2D eigenvalue weighted by Crippen LogP contribution is -2.62.